The van der Waals surface area contributed by atoms with Crippen LogP contribution in [0.3, 0.4) is 0 Å². The third kappa shape index (κ3) is 3.43. The molecule has 2 bridgehead atoms. The van der Waals surface area contributed by atoms with Crippen molar-refractivity contribution in [1.82, 2.24) is 9.62 Å². The second-order valence-electron chi connectivity index (χ2n) is 6.92. The Balaban J connectivity index is 1.60. The maximum Gasteiger partial charge on any atom is 0.243 e. The van der Waals surface area contributed by atoms with Gasteiger partial charge in [-0.3, -0.25) is 4.79 Å². The molecule has 0 heterocycles. The molecular formula is C17H24N2O3S. The van der Waals surface area contributed by atoms with E-state index in [9.17, 15) is 13.2 Å². The lowest BCUT2D eigenvalue weighted by atomic mass is 9.95. The van der Waals surface area contributed by atoms with E-state index >= 15 is 0 Å². The van der Waals surface area contributed by atoms with Gasteiger partial charge in [0, 0.05) is 13.1 Å². The van der Waals surface area contributed by atoms with Gasteiger partial charge in [-0.05, 0) is 50.2 Å². The number of nitrogens with zero attached hydrogens (tertiary/aromatic N) is 1. The van der Waals surface area contributed by atoms with Crippen LogP contribution in [0.4, 0.5) is 0 Å². The molecular weight excluding hydrogens is 312 g/mol. The van der Waals surface area contributed by atoms with Crippen molar-refractivity contribution in [2.45, 2.75) is 43.5 Å². The number of benzene rings is 1. The lowest BCUT2D eigenvalue weighted by molar-refractivity contribution is -0.122. The summed E-state index contributed by atoms with van der Waals surface area (Å²) in [5.74, 6) is 1.13. The van der Waals surface area contributed by atoms with Crippen molar-refractivity contribution >= 4 is 15.9 Å². The Bertz CT molecular complexity index is 684. The molecule has 3 rings (SSSR count). The third-order valence-corrected chi connectivity index (χ3v) is 7.00. The van der Waals surface area contributed by atoms with E-state index in [0.717, 1.165) is 22.2 Å². The van der Waals surface area contributed by atoms with Gasteiger partial charge < -0.3 is 5.32 Å². The average molecular weight is 336 g/mol. The summed E-state index contributed by atoms with van der Waals surface area (Å²) < 4.78 is 26.1. The van der Waals surface area contributed by atoms with Crippen molar-refractivity contribution in [2.75, 3.05) is 13.6 Å². The van der Waals surface area contributed by atoms with Crippen LogP contribution in [0.25, 0.3) is 0 Å². The highest BCUT2D eigenvalue weighted by atomic mass is 32.2. The third-order valence-electron chi connectivity index (χ3n) is 5.18. The Morgan fingerprint density at radius 2 is 1.91 bits per heavy atom. The largest absolute Gasteiger partial charge is 0.352 e. The molecule has 2 aliphatic rings. The topological polar surface area (TPSA) is 66.5 Å². The van der Waals surface area contributed by atoms with E-state index < -0.39 is 10.0 Å². The van der Waals surface area contributed by atoms with Crippen molar-refractivity contribution in [3.63, 3.8) is 0 Å². The van der Waals surface area contributed by atoms with Gasteiger partial charge >= 0.3 is 0 Å². The smallest absolute Gasteiger partial charge is 0.243 e. The van der Waals surface area contributed by atoms with Gasteiger partial charge in [0.1, 0.15) is 0 Å². The number of carbonyl (C=O) groups is 1. The molecule has 1 aromatic rings. The van der Waals surface area contributed by atoms with Gasteiger partial charge in [0.2, 0.25) is 15.9 Å². The minimum Gasteiger partial charge on any atom is -0.352 e. The number of sulfonamides is 1. The van der Waals surface area contributed by atoms with Crippen molar-refractivity contribution in [3.05, 3.63) is 29.8 Å². The van der Waals surface area contributed by atoms with Gasteiger partial charge in [0.05, 0.1) is 11.4 Å². The van der Waals surface area contributed by atoms with E-state index in [4.69, 9.17) is 0 Å². The SMILES string of the molecule is Cc1ccc(S(=O)(=O)N(C)CC(=O)N[C@@H]2C[C@H]3CC[C@H]2C3)cc1. The fraction of sp³-hybridized carbons (Fsp3) is 0.588. The molecule has 2 saturated carbocycles. The number of hydrogen-bond donors (Lipinski definition) is 1. The minimum atomic E-state index is -3.62. The zero-order chi connectivity index (χ0) is 16.6. The summed E-state index contributed by atoms with van der Waals surface area (Å²) in [7, 11) is -2.17. The second kappa shape index (κ2) is 6.24. The Morgan fingerprint density at radius 1 is 1.22 bits per heavy atom. The predicted octanol–water partition coefficient (Wildman–Crippen LogP) is 1.92. The summed E-state index contributed by atoms with van der Waals surface area (Å²) in [4.78, 5) is 12.4. The summed E-state index contributed by atoms with van der Waals surface area (Å²) in [5.41, 5.74) is 1.00. The average Bonchev–Trinajstić information content (AvgIpc) is 3.10. The van der Waals surface area contributed by atoms with E-state index in [1.54, 1.807) is 24.3 Å². The van der Waals surface area contributed by atoms with E-state index in [-0.39, 0.29) is 23.4 Å². The number of aryl methyl sites for hydroxylation is 1. The van der Waals surface area contributed by atoms with Gasteiger partial charge in [-0.2, -0.15) is 4.31 Å². The molecule has 0 spiro atoms. The number of likely N-dealkylation sites (N-methyl/N-ethyl adjacent to an activating group) is 1. The first kappa shape index (κ1) is 16.5. The van der Waals surface area contributed by atoms with Gasteiger partial charge in [0.15, 0.2) is 0 Å². The molecule has 0 aromatic heterocycles. The number of rotatable bonds is 5. The standard InChI is InChI=1S/C17H24N2O3S/c1-12-3-7-15(8-4-12)23(21,22)19(2)11-17(20)18-16-10-13-5-6-14(16)9-13/h3-4,7-8,13-14,16H,5-6,9-11H2,1-2H3,(H,18,20)/t13-,14-,16+/m0/s1. The predicted molar refractivity (Wildman–Crippen MR) is 88.4 cm³/mol. The first-order valence-electron chi connectivity index (χ1n) is 8.18. The summed E-state index contributed by atoms with van der Waals surface area (Å²) in [6.07, 6.45) is 4.72. The van der Waals surface area contributed by atoms with E-state index in [0.29, 0.717) is 5.92 Å². The molecule has 1 amide bonds. The van der Waals surface area contributed by atoms with Crippen molar-refractivity contribution in [2.24, 2.45) is 11.8 Å². The van der Waals surface area contributed by atoms with Crippen LogP contribution in [0.2, 0.25) is 0 Å². The molecule has 2 aliphatic carbocycles. The maximum atomic E-state index is 12.5. The number of hydrogen-bond acceptors (Lipinski definition) is 3. The molecule has 1 N–H and O–H groups in total. The molecule has 3 atom stereocenters. The Kier molecular flexibility index (Phi) is 4.47. The zero-order valence-corrected chi connectivity index (χ0v) is 14.5. The summed E-state index contributed by atoms with van der Waals surface area (Å²) >= 11 is 0. The maximum absolute atomic E-state index is 12.5. The highest BCUT2D eigenvalue weighted by molar-refractivity contribution is 7.89. The van der Waals surface area contributed by atoms with Crippen LogP contribution in [0.5, 0.6) is 0 Å². The highest BCUT2D eigenvalue weighted by Crippen LogP contribution is 2.44. The molecule has 126 valence electrons. The monoisotopic (exact) mass is 336 g/mol. The Hall–Kier alpha value is -1.40. The molecule has 0 unspecified atom stereocenters. The van der Waals surface area contributed by atoms with Gasteiger partial charge in [-0.25, -0.2) is 8.42 Å². The molecule has 5 nitrogen and oxygen atoms in total. The molecule has 1 aromatic carbocycles. The summed E-state index contributed by atoms with van der Waals surface area (Å²) in [5, 5.41) is 3.03. The normalized spacial score (nSPS) is 26.7. The Labute approximate surface area is 138 Å². The molecule has 0 aliphatic heterocycles. The first-order chi connectivity index (χ1) is 10.9. The molecule has 0 radical (unpaired) electrons. The Morgan fingerprint density at radius 3 is 2.48 bits per heavy atom. The van der Waals surface area contributed by atoms with Crippen LogP contribution in [0.15, 0.2) is 29.2 Å². The minimum absolute atomic E-state index is 0.135. The van der Waals surface area contributed by atoms with Gasteiger partial charge in [0.25, 0.3) is 0 Å². The van der Waals surface area contributed by atoms with Crippen LogP contribution < -0.4 is 5.32 Å². The van der Waals surface area contributed by atoms with Gasteiger partial charge in [-0.15, -0.1) is 0 Å². The molecule has 23 heavy (non-hydrogen) atoms. The fourth-order valence-electron chi connectivity index (χ4n) is 3.85. The number of carbonyl (C=O) groups excluding carboxylic acids is 1. The van der Waals surface area contributed by atoms with Crippen LogP contribution in [0.1, 0.15) is 31.2 Å². The summed E-state index contributed by atoms with van der Waals surface area (Å²) in [6.45, 7) is 1.77. The summed E-state index contributed by atoms with van der Waals surface area (Å²) in [6, 6.07) is 6.91. The fourth-order valence-corrected chi connectivity index (χ4v) is 4.98. The molecule has 6 heteroatoms. The van der Waals surface area contributed by atoms with Crippen molar-refractivity contribution in [1.29, 1.82) is 0 Å². The molecule has 2 fully saturated rings. The highest BCUT2D eigenvalue weighted by Gasteiger charge is 2.40. The van der Waals surface area contributed by atoms with Crippen LogP contribution in [-0.4, -0.2) is 38.3 Å². The quantitative estimate of drug-likeness (QED) is 0.893. The van der Waals surface area contributed by atoms with Crippen molar-refractivity contribution < 1.29 is 13.2 Å². The number of amides is 1. The van der Waals surface area contributed by atoms with Gasteiger partial charge in [-0.1, -0.05) is 24.1 Å². The second-order valence-corrected chi connectivity index (χ2v) is 8.97. The lowest BCUT2D eigenvalue weighted by Crippen LogP contribution is -2.44. The first-order valence-corrected chi connectivity index (χ1v) is 9.62. The number of fused-ring (bicyclic) bond motifs is 2. The van der Waals surface area contributed by atoms with Crippen molar-refractivity contribution in [3.8, 4) is 0 Å². The van der Waals surface area contributed by atoms with Crippen LogP contribution >= 0.6 is 0 Å². The van der Waals surface area contributed by atoms with E-state index in [1.807, 2.05) is 6.92 Å². The lowest BCUT2D eigenvalue weighted by Gasteiger charge is -2.24. The molecule has 0 saturated heterocycles. The van der Waals surface area contributed by atoms with E-state index in [2.05, 4.69) is 5.32 Å². The zero-order valence-electron chi connectivity index (χ0n) is 13.7. The van der Waals surface area contributed by atoms with E-state index in [1.165, 1.54) is 26.3 Å². The number of nitrogens with one attached hydrogen (secondary N) is 1. The van der Waals surface area contributed by atoms with Crippen LogP contribution in [0, 0.1) is 18.8 Å². The van der Waals surface area contributed by atoms with Crippen LogP contribution in [-0.2, 0) is 14.8 Å².